The molecule has 0 atom stereocenters. The predicted molar refractivity (Wildman–Crippen MR) is 102 cm³/mol. The van der Waals surface area contributed by atoms with Gasteiger partial charge in [0.15, 0.2) is 5.96 Å². The standard InChI is InChI=1S/C16H26N4.HI/c1-14(2)13-18-16(17-3)20-11-9-19(10-12-20)15-7-5-4-6-8-15;/h4-8,14H,9-13H2,1-3H3,(H,17,18);1H. The zero-order chi connectivity index (χ0) is 14.4. The number of piperazine rings is 1. The maximum atomic E-state index is 4.39. The summed E-state index contributed by atoms with van der Waals surface area (Å²) >= 11 is 0. The van der Waals surface area contributed by atoms with Crippen LogP contribution in [0.5, 0.6) is 0 Å². The molecule has 0 spiro atoms. The van der Waals surface area contributed by atoms with E-state index in [1.54, 1.807) is 0 Å². The lowest BCUT2D eigenvalue weighted by atomic mass is 10.2. The molecule has 5 heteroatoms. The Balaban J connectivity index is 0.00000220. The molecule has 118 valence electrons. The number of guanidine groups is 1. The quantitative estimate of drug-likeness (QED) is 0.479. The number of rotatable bonds is 3. The maximum Gasteiger partial charge on any atom is 0.193 e. The van der Waals surface area contributed by atoms with Gasteiger partial charge in [-0.15, -0.1) is 24.0 Å². The fourth-order valence-electron chi connectivity index (χ4n) is 2.44. The van der Waals surface area contributed by atoms with Crippen LogP contribution in [0.1, 0.15) is 13.8 Å². The lowest BCUT2D eigenvalue weighted by molar-refractivity contribution is 0.370. The minimum absolute atomic E-state index is 0. The third-order valence-corrected chi connectivity index (χ3v) is 3.58. The molecule has 2 rings (SSSR count). The molecule has 0 radical (unpaired) electrons. The van der Waals surface area contributed by atoms with E-state index in [-0.39, 0.29) is 24.0 Å². The van der Waals surface area contributed by atoms with Gasteiger partial charge in [0.25, 0.3) is 0 Å². The van der Waals surface area contributed by atoms with Gasteiger partial charge < -0.3 is 15.1 Å². The summed E-state index contributed by atoms with van der Waals surface area (Å²) in [5.41, 5.74) is 1.32. The van der Waals surface area contributed by atoms with Crippen LogP contribution in [0.3, 0.4) is 0 Å². The van der Waals surface area contributed by atoms with Gasteiger partial charge in [-0.2, -0.15) is 0 Å². The van der Waals surface area contributed by atoms with Crippen LogP contribution in [0, 0.1) is 5.92 Å². The van der Waals surface area contributed by atoms with Crippen LogP contribution in [0.15, 0.2) is 35.3 Å². The smallest absolute Gasteiger partial charge is 0.193 e. The molecule has 0 bridgehead atoms. The van der Waals surface area contributed by atoms with Gasteiger partial charge in [0.1, 0.15) is 0 Å². The van der Waals surface area contributed by atoms with Crippen LogP contribution < -0.4 is 10.2 Å². The topological polar surface area (TPSA) is 30.9 Å². The van der Waals surface area contributed by atoms with Crippen molar-refractivity contribution in [2.75, 3.05) is 44.7 Å². The molecular formula is C16H27IN4. The second kappa shape index (κ2) is 9.12. The van der Waals surface area contributed by atoms with Gasteiger partial charge in [-0.1, -0.05) is 32.0 Å². The number of nitrogens with one attached hydrogen (secondary N) is 1. The third kappa shape index (κ3) is 5.37. The molecule has 0 saturated carbocycles. The van der Waals surface area contributed by atoms with Crippen molar-refractivity contribution in [2.45, 2.75) is 13.8 Å². The lowest BCUT2D eigenvalue weighted by Crippen LogP contribution is -2.53. The molecule has 1 aromatic carbocycles. The molecule has 0 aromatic heterocycles. The first-order valence-corrected chi connectivity index (χ1v) is 7.46. The molecule has 0 unspecified atom stereocenters. The van der Waals surface area contributed by atoms with Gasteiger partial charge in [-0.3, -0.25) is 4.99 Å². The van der Waals surface area contributed by atoms with Gasteiger partial charge in [0, 0.05) is 45.5 Å². The fraction of sp³-hybridized carbons (Fsp3) is 0.562. The van der Waals surface area contributed by atoms with Crippen LogP contribution in [-0.4, -0.2) is 50.6 Å². The highest BCUT2D eigenvalue weighted by Crippen LogP contribution is 2.15. The van der Waals surface area contributed by atoms with E-state index in [4.69, 9.17) is 0 Å². The van der Waals surface area contributed by atoms with E-state index in [0.717, 1.165) is 38.7 Å². The largest absolute Gasteiger partial charge is 0.368 e. The van der Waals surface area contributed by atoms with Crippen molar-refractivity contribution >= 4 is 35.6 Å². The minimum Gasteiger partial charge on any atom is -0.368 e. The van der Waals surface area contributed by atoms with Crippen molar-refractivity contribution in [3.05, 3.63) is 30.3 Å². The maximum absolute atomic E-state index is 4.39. The Labute approximate surface area is 145 Å². The summed E-state index contributed by atoms with van der Waals surface area (Å²) in [6.07, 6.45) is 0. The summed E-state index contributed by atoms with van der Waals surface area (Å²) in [5, 5.41) is 3.45. The van der Waals surface area contributed by atoms with Gasteiger partial charge in [0.2, 0.25) is 0 Å². The van der Waals surface area contributed by atoms with Crippen molar-refractivity contribution in [3.8, 4) is 0 Å². The highest BCUT2D eigenvalue weighted by Gasteiger charge is 2.19. The normalized spacial score (nSPS) is 15.9. The highest BCUT2D eigenvalue weighted by atomic mass is 127. The predicted octanol–water partition coefficient (Wildman–Crippen LogP) is 2.66. The Morgan fingerprint density at radius 1 is 1.14 bits per heavy atom. The summed E-state index contributed by atoms with van der Waals surface area (Å²) in [6, 6.07) is 10.6. The molecule has 1 fully saturated rings. The Morgan fingerprint density at radius 3 is 2.29 bits per heavy atom. The Kier molecular flexibility index (Phi) is 7.85. The molecule has 21 heavy (non-hydrogen) atoms. The third-order valence-electron chi connectivity index (χ3n) is 3.58. The number of hydrogen-bond donors (Lipinski definition) is 1. The average molecular weight is 402 g/mol. The van der Waals surface area contributed by atoms with Crippen LogP contribution in [0.2, 0.25) is 0 Å². The first-order valence-electron chi connectivity index (χ1n) is 7.46. The first kappa shape index (κ1) is 18.1. The van der Waals surface area contributed by atoms with Crippen molar-refractivity contribution in [1.82, 2.24) is 10.2 Å². The summed E-state index contributed by atoms with van der Waals surface area (Å²) in [7, 11) is 1.87. The summed E-state index contributed by atoms with van der Waals surface area (Å²) < 4.78 is 0. The van der Waals surface area contributed by atoms with E-state index in [2.05, 4.69) is 64.3 Å². The molecule has 4 nitrogen and oxygen atoms in total. The van der Waals surface area contributed by atoms with Crippen molar-refractivity contribution in [2.24, 2.45) is 10.9 Å². The first-order chi connectivity index (χ1) is 9.70. The van der Waals surface area contributed by atoms with Crippen LogP contribution >= 0.6 is 24.0 Å². The van der Waals surface area contributed by atoms with E-state index in [0.29, 0.717) is 5.92 Å². The van der Waals surface area contributed by atoms with Crippen molar-refractivity contribution in [1.29, 1.82) is 0 Å². The van der Waals surface area contributed by atoms with E-state index >= 15 is 0 Å². The zero-order valence-electron chi connectivity index (χ0n) is 13.2. The van der Waals surface area contributed by atoms with E-state index in [9.17, 15) is 0 Å². The van der Waals surface area contributed by atoms with Crippen molar-refractivity contribution in [3.63, 3.8) is 0 Å². The highest BCUT2D eigenvalue weighted by molar-refractivity contribution is 14.0. The van der Waals surface area contributed by atoms with E-state index in [1.807, 2.05) is 7.05 Å². The molecule has 1 aliphatic heterocycles. The second-order valence-electron chi connectivity index (χ2n) is 5.63. The number of benzene rings is 1. The van der Waals surface area contributed by atoms with Crippen molar-refractivity contribution < 1.29 is 0 Å². The number of anilines is 1. The van der Waals surface area contributed by atoms with Gasteiger partial charge in [-0.05, 0) is 18.1 Å². The number of hydrogen-bond acceptors (Lipinski definition) is 2. The molecule has 1 N–H and O–H groups in total. The van der Waals surface area contributed by atoms with E-state index < -0.39 is 0 Å². The zero-order valence-corrected chi connectivity index (χ0v) is 15.6. The average Bonchev–Trinajstić information content (AvgIpc) is 2.49. The molecule has 0 aliphatic carbocycles. The molecule has 1 saturated heterocycles. The summed E-state index contributed by atoms with van der Waals surface area (Å²) in [5.74, 6) is 1.67. The Hall–Kier alpha value is -0.980. The number of halogens is 1. The lowest BCUT2D eigenvalue weighted by Gasteiger charge is -2.37. The number of para-hydroxylation sites is 1. The number of aliphatic imine (C=N–C) groups is 1. The second-order valence-corrected chi connectivity index (χ2v) is 5.63. The van der Waals surface area contributed by atoms with Gasteiger partial charge in [-0.25, -0.2) is 0 Å². The van der Waals surface area contributed by atoms with Crippen LogP contribution in [0.4, 0.5) is 5.69 Å². The molecule has 1 aliphatic rings. The monoisotopic (exact) mass is 402 g/mol. The van der Waals surface area contributed by atoms with Gasteiger partial charge >= 0.3 is 0 Å². The van der Waals surface area contributed by atoms with E-state index in [1.165, 1.54) is 5.69 Å². The molecule has 1 heterocycles. The SMILES string of the molecule is CN=C(NCC(C)C)N1CCN(c2ccccc2)CC1.I. The van der Waals surface area contributed by atoms with Crippen LogP contribution in [-0.2, 0) is 0 Å². The Morgan fingerprint density at radius 2 is 1.76 bits per heavy atom. The summed E-state index contributed by atoms with van der Waals surface area (Å²) in [4.78, 5) is 9.18. The summed E-state index contributed by atoms with van der Waals surface area (Å²) in [6.45, 7) is 9.55. The fourth-order valence-corrected chi connectivity index (χ4v) is 2.44. The molecule has 0 amide bonds. The van der Waals surface area contributed by atoms with Gasteiger partial charge in [0.05, 0.1) is 0 Å². The van der Waals surface area contributed by atoms with Crippen LogP contribution in [0.25, 0.3) is 0 Å². The molecular weight excluding hydrogens is 375 g/mol. The minimum atomic E-state index is 0. The number of nitrogens with zero attached hydrogens (tertiary/aromatic N) is 3. The Bertz CT molecular complexity index is 425. The molecule has 1 aromatic rings.